The molecule has 2 aromatic carbocycles. The van der Waals surface area contributed by atoms with E-state index in [-0.39, 0.29) is 6.10 Å². The van der Waals surface area contributed by atoms with Crippen molar-refractivity contribution < 1.29 is 4.74 Å². The predicted octanol–water partition coefficient (Wildman–Crippen LogP) is 4.12. The van der Waals surface area contributed by atoms with E-state index < -0.39 is 0 Å². The van der Waals surface area contributed by atoms with Gasteiger partial charge in [0.2, 0.25) is 0 Å². The second-order valence-electron chi connectivity index (χ2n) is 5.33. The molecule has 0 saturated carbocycles. The quantitative estimate of drug-likeness (QED) is 0.824. The summed E-state index contributed by atoms with van der Waals surface area (Å²) in [7, 11) is 0. The van der Waals surface area contributed by atoms with Gasteiger partial charge in [-0.05, 0) is 30.7 Å². The van der Waals surface area contributed by atoms with E-state index in [0.717, 1.165) is 30.4 Å². The third-order valence-corrected chi connectivity index (χ3v) is 3.78. The van der Waals surface area contributed by atoms with Crippen molar-refractivity contribution in [2.75, 3.05) is 6.54 Å². The first-order valence-electron chi connectivity index (χ1n) is 6.92. The molecular formula is C17H18ClNO. The lowest BCUT2D eigenvalue weighted by Crippen LogP contribution is -2.30. The lowest BCUT2D eigenvalue weighted by Gasteiger charge is -2.21. The van der Waals surface area contributed by atoms with Gasteiger partial charge in [0.25, 0.3) is 0 Å². The Morgan fingerprint density at radius 1 is 1.15 bits per heavy atom. The van der Waals surface area contributed by atoms with Gasteiger partial charge in [-0.2, -0.15) is 0 Å². The minimum absolute atomic E-state index is 0.200. The van der Waals surface area contributed by atoms with Crippen LogP contribution in [-0.2, 0) is 13.1 Å². The Labute approximate surface area is 124 Å². The summed E-state index contributed by atoms with van der Waals surface area (Å²) < 4.78 is 5.98. The zero-order chi connectivity index (χ0) is 13.9. The predicted molar refractivity (Wildman–Crippen MR) is 82.1 cm³/mol. The Kier molecular flexibility index (Phi) is 3.95. The Balaban J connectivity index is 1.78. The number of hydrogen-bond acceptors (Lipinski definition) is 2. The molecule has 1 heterocycles. The normalized spacial score (nSPS) is 19.0. The number of nitrogens with zero attached hydrogens (tertiary/aromatic N) is 1. The molecule has 0 amide bonds. The number of hydrogen-bond donors (Lipinski definition) is 0. The van der Waals surface area contributed by atoms with Gasteiger partial charge in [-0.1, -0.05) is 41.9 Å². The third kappa shape index (κ3) is 3.14. The number of halogens is 1. The monoisotopic (exact) mass is 287 g/mol. The molecular weight excluding hydrogens is 270 g/mol. The average Bonchev–Trinajstić information content (AvgIpc) is 2.58. The van der Waals surface area contributed by atoms with Crippen LogP contribution >= 0.6 is 11.6 Å². The summed E-state index contributed by atoms with van der Waals surface area (Å²) in [5, 5.41) is 0.784. The lowest BCUT2D eigenvalue weighted by atomic mass is 10.1. The van der Waals surface area contributed by atoms with E-state index in [1.54, 1.807) is 0 Å². The molecule has 0 fully saturated rings. The highest BCUT2D eigenvalue weighted by Gasteiger charge is 2.19. The second kappa shape index (κ2) is 5.86. The summed E-state index contributed by atoms with van der Waals surface area (Å²) in [4.78, 5) is 2.42. The topological polar surface area (TPSA) is 12.5 Å². The van der Waals surface area contributed by atoms with Crippen LogP contribution in [0.1, 0.15) is 18.1 Å². The van der Waals surface area contributed by atoms with Gasteiger partial charge in [-0.25, -0.2) is 0 Å². The molecule has 2 nitrogen and oxygen atoms in total. The van der Waals surface area contributed by atoms with Crippen LogP contribution in [0.2, 0.25) is 5.02 Å². The van der Waals surface area contributed by atoms with Crippen molar-refractivity contribution in [3.63, 3.8) is 0 Å². The standard InChI is InChI=1S/C17H18ClNO/c1-13-10-19(11-14-6-8-16(18)9-7-14)12-15-4-2-3-5-17(15)20-13/h2-9,13H,10-12H2,1H3. The first kappa shape index (κ1) is 13.5. The van der Waals surface area contributed by atoms with E-state index in [1.165, 1.54) is 11.1 Å². The second-order valence-corrected chi connectivity index (χ2v) is 5.77. The highest BCUT2D eigenvalue weighted by molar-refractivity contribution is 6.30. The van der Waals surface area contributed by atoms with Crippen LogP contribution in [-0.4, -0.2) is 17.5 Å². The largest absolute Gasteiger partial charge is 0.489 e. The first-order chi connectivity index (χ1) is 9.70. The van der Waals surface area contributed by atoms with E-state index in [1.807, 2.05) is 18.2 Å². The number of benzene rings is 2. The molecule has 3 rings (SSSR count). The zero-order valence-electron chi connectivity index (χ0n) is 11.6. The molecule has 0 N–H and O–H groups in total. The maximum absolute atomic E-state index is 5.98. The van der Waals surface area contributed by atoms with Gasteiger partial charge in [0.05, 0.1) is 0 Å². The third-order valence-electron chi connectivity index (χ3n) is 3.53. The smallest absolute Gasteiger partial charge is 0.124 e. The Morgan fingerprint density at radius 3 is 2.70 bits per heavy atom. The Hall–Kier alpha value is -1.51. The molecule has 2 aromatic rings. The fourth-order valence-electron chi connectivity index (χ4n) is 2.64. The maximum Gasteiger partial charge on any atom is 0.124 e. The fourth-order valence-corrected chi connectivity index (χ4v) is 2.77. The van der Waals surface area contributed by atoms with Crippen LogP contribution in [0, 0.1) is 0 Å². The van der Waals surface area contributed by atoms with Crippen LogP contribution in [0.3, 0.4) is 0 Å². The van der Waals surface area contributed by atoms with Gasteiger partial charge < -0.3 is 4.74 Å². The zero-order valence-corrected chi connectivity index (χ0v) is 12.3. The molecule has 0 bridgehead atoms. The molecule has 0 spiro atoms. The molecule has 0 saturated heterocycles. The SMILES string of the molecule is CC1CN(Cc2ccc(Cl)cc2)Cc2ccccc2O1. The number of rotatable bonds is 2. The Morgan fingerprint density at radius 2 is 1.90 bits per heavy atom. The van der Waals surface area contributed by atoms with Crippen molar-refractivity contribution >= 4 is 11.6 Å². The maximum atomic E-state index is 5.98. The minimum atomic E-state index is 0.200. The molecule has 0 aliphatic carbocycles. The van der Waals surface area contributed by atoms with Gasteiger partial charge >= 0.3 is 0 Å². The van der Waals surface area contributed by atoms with Crippen molar-refractivity contribution in [2.45, 2.75) is 26.1 Å². The summed E-state index contributed by atoms with van der Waals surface area (Å²) in [5.74, 6) is 1.01. The molecule has 20 heavy (non-hydrogen) atoms. The molecule has 1 aliphatic rings. The van der Waals surface area contributed by atoms with Crippen LogP contribution in [0.5, 0.6) is 5.75 Å². The summed E-state index contributed by atoms with van der Waals surface area (Å²) in [5.41, 5.74) is 2.53. The van der Waals surface area contributed by atoms with E-state index in [0.29, 0.717) is 0 Å². The van der Waals surface area contributed by atoms with E-state index in [4.69, 9.17) is 16.3 Å². The van der Waals surface area contributed by atoms with Crippen LogP contribution in [0.15, 0.2) is 48.5 Å². The number of ether oxygens (including phenoxy) is 1. The van der Waals surface area contributed by atoms with Crippen LogP contribution in [0.4, 0.5) is 0 Å². The lowest BCUT2D eigenvalue weighted by molar-refractivity contribution is 0.156. The molecule has 1 aliphatic heterocycles. The molecule has 0 aromatic heterocycles. The number of fused-ring (bicyclic) bond motifs is 1. The van der Waals surface area contributed by atoms with Crippen molar-refractivity contribution in [2.24, 2.45) is 0 Å². The molecule has 3 heteroatoms. The molecule has 1 atom stereocenters. The molecule has 1 unspecified atom stereocenters. The minimum Gasteiger partial charge on any atom is -0.489 e. The van der Waals surface area contributed by atoms with Gasteiger partial charge in [-0.15, -0.1) is 0 Å². The van der Waals surface area contributed by atoms with Crippen molar-refractivity contribution in [3.8, 4) is 5.75 Å². The van der Waals surface area contributed by atoms with Gasteiger partial charge in [0, 0.05) is 30.2 Å². The molecule has 104 valence electrons. The van der Waals surface area contributed by atoms with Gasteiger partial charge in [0.1, 0.15) is 11.9 Å². The van der Waals surface area contributed by atoms with E-state index in [2.05, 4.69) is 42.2 Å². The highest BCUT2D eigenvalue weighted by Crippen LogP contribution is 2.25. The van der Waals surface area contributed by atoms with Crippen LogP contribution < -0.4 is 4.74 Å². The van der Waals surface area contributed by atoms with Crippen molar-refractivity contribution in [1.82, 2.24) is 4.90 Å². The Bertz CT molecular complexity index is 582. The molecule has 0 radical (unpaired) electrons. The van der Waals surface area contributed by atoms with Crippen molar-refractivity contribution in [1.29, 1.82) is 0 Å². The highest BCUT2D eigenvalue weighted by atomic mass is 35.5. The van der Waals surface area contributed by atoms with E-state index >= 15 is 0 Å². The summed E-state index contributed by atoms with van der Waals surface area (Å²) in [6, 6.07) is 16.4. The summed E-state index contributed by atoms with van der Waals surface area (Å²) in [6.45, 7) is 4.89. The first-order valence-corrected chi connectivity index (χ1v) is 7.30. The number of para-hydroxylation sites is 1. The van der Waals surface area contributed by atoms with E-state index in [9.17, 15) is 0 Å². The fraction of sp³-hybridized carbons (Fsp3) is 0.294. The van der Waals surface area contributed by atoms with Crippen LogP contribution in [0.25, 0.3) is 0 Å². The van der Waals surface area contributed by atoms with Gasteiger partial charge in [-0.3, -0.25) is 4.90 Å². The summed E-state index contributed by atoms with van der Waals surface area (Å²) >= 11 is 5.94. The van der Waals surface area contributed by atoms with Crippen molar-refractivity contribution in [3.05, 3.63) is 64.7 Å². The average molecular weight is 288 g/mol. The summed E-state index contributed by atoms with van der Waals surface area (Å²) in [6.07, 6.45) is 0.200. The van der Waals surface area contributed by atoms with Gasteiger partial charge in [0.15, 0.2) is 0 Å².